The summed E-state index contributed by atoms with van der Waals surface area (Å²) in [6, 6.07) is 11.2. The molecule has 3 aromatic rings. The van der Waals surface area contributed by atoms with Crippen LogP contribution in [-0.4, -0.2) is 9.78 Å². The van der Waals surface area contributed by atoms with Crippen molar-refractivity contribution in [3.8, 4) is 11.1 Å². The largest absolute Gasteiger partial charge is 0.271 e. The number of nitrogens with zero attached hydrogens (tertiary/aromatic N) is 2. The van der Waals surface area contributed by atoms with Gasteiger partial charge in [-0.25, -0.2) is 0 Å². The van der Waals surface area contributed by atoms with Gasteiger partial charge in [0.05, 0.1) is 5.69 Å². The summed E-state index contributed by atoms with van der Waals surface area (Å²) in [5.74, 6) is 0.412. The Kier molecular flexibility index (Phi) is 5.31. The molecule has 2 heteroatoms. The monoisotopic (exact) mass is 346 g/mol. The minimum atomic E-state index is 0.412. The maximum atomic E-state index is 4.96. The van der Waals surface area contributed by atoms with E-state index in [0.29, 0.717) is 5.92 Å². The van der Waals surface area contributed by atoms with Crippen LogP contribution in [0.4, 0.5) is 0 Å². The van der Waals surface area contributed by atoms with Crippen molar-refractivity contribution in [1.29, 1.82) is 0 Å². The van der Waals surface area contributed by atoms with Gasteiger partial charge in [0.1, 0.15) is 5.52 Å². The van der Waals surface area contributed by atoms with Crippen molar-refractivity contribution in [3.63, 3.8) is 0 Å². The summed E-state index contributed by atoms with van der Waals surface area (Å²) in [5, 5.41) is 6.24. The highest BCUT2D eigenvalue weighted by Gasteiger charge is 2.20. The van der Waals surface area contributed by atoms with Gasteiger partial charge in [-0.15, -0.1) is 0 Å². The van der Waals surface area contributed by atoms with Crippen molar-refractivity contribution in [2.45, 2.75) is 53.4 Å². The van der Waals surface area contributed by atoms with Gasteiger partial charge in [0.25, 0.3) is 0 Å². The molecule has 0 bridgehead atoms. The molecule has 0 saturated carbocycles. The predicted octanol–water partition coefficient (Wildman–Crippen LogP) is 6.63. The minimum absolute atomic E-state index is 0.412. The van der Waals surface area contributed by atoms with E-state index in [0.717, 1.165) is 18.4 Å². The lowest BCUT2D eigenvalue weighted by atomic mass is 9.91. The molecule has 0 saturated heterocycles. The Morgan fingerprint density at radius 3 is 2.42 bits per heavy atom. The summed E-state index contributed by atoms with van der Waals surface area (Å²) in [6.07, 6.45) is 6.79. The molecular weight excluding hydrogens is 316 g/mol. The Labute approximate surface area is 157 Å². The maximum absolute atomic E-state index is 4.96. The fraction of sp³-hybridized carbons (Fsp3) is 0.375. The third-order valence-corrected chi connectivity index (χ3v) is 5.23. The van der Waals surface area contributed by atoms with Gasteiger partial charge < -0.3 is 0 Å². The fourth-order valence-corrected chi connectivity index (χ4v) is 4.35. The third-order valence-electron chi connectivity index (χ3n) is 5.23. The zero-order valence-electron chi connectivity index (χ0n) is 16.9. The summed E-state index contributed by atoms with van der Waals surface area (Å²) >= 11 is 0. The van der Waals surface area contributed by atoms with E-state index in [-0.39, 0.29) is 0 Å². The molecule has 1 unspecified atom stereocenters. The summed E-state index contributed by atoms with van der Waals surface area (Å²) < 4.78 is 2.09. The van der Waals surface area contributed by atoms with Crippen LogP contribution in [0, 0.1) is 20.8 Å². The number of rotatable bonds is 5. The summed E-state index contributed by atoms with van der Waals surface area (Å²) in [7, 11) is 2.08. The standard InChI is InChI=1S/C24H30N2/c1-7-10-19(11-8-2)24-21-13-9-12-20(23(21)25-26(24)6)22-17(4)14-16(3)15-18(22)5/h7,9-10,12-15,19H,8,11H2,1-6H3. The van der Waals surface area contributed by atoms with E-state index in [4.69, 9.17) is 5.10 Å². The molecular formula is C24H30N2. The summed E-state index contributed by atoms with van der Waals surface area (Å²) in [4.78, 5) is 0. The molecule has 0 spiro atoms. The Morgan fingerprint density at radius 1 is 1.12 bits per heavy atom. The van der Waals surface area contributed by atoms with Crippen LogP contribution in [0.3, 0.4) is 0 Å². The second-order valence-electron chi connectivity index (χ2n) is 7.41. The molecule has 2 nitrogen and oxygen atoms in total. The summed E-state index contributed by atoms with van der Waals surface area (Å²) in [6.45, 7) is 10.9. The first-order chi connectivity index (χ1) is 12.5. The first-order valence-electron chi connectivity index (χ1n) is 9.64. The second-order valence-corrected chi connectivity index (χ2v) is 7.41. The molecule has 0 aliphatic carbocycles. The second kappa shape index (κ2) is 7.49. The average Bonchev–Trinajstić information content (AvgIpc) is 2.90. The quantitative estimate of drug-likeness (QED) is 0.474. The predicted molar refractivity (Wildman–Crippen MR) is 113 cm³/mol. The van der Waals surface area contributed by atoms with Gasteiger partial charge >= 0.3 is 0 Å². The molecule has 1 heterocycles. The van der Waals surface area contributed by atoms with Gasteiger partial charge in [-0.05, 0) is 50.8 Å². The molecule has 2 aromatic carbocycles. The van der Waals surface area contributed by atoms with Gasteiger partial charge in [-0.3, -0.25) is 4.68 Å². The number of fused-ring (bicyclic) bond motifs is 1. The van der Waals surface area contributed by atoms with Crippen LogP contribution >= 0.6 is 0 Å². The van der Waals surface area contributed by atoms with E-state index in [1.54, 1.807) is 0 Å². The molecule has 0 amide bonds. The highest BCUT2D eigenvalue weighted by molar-refractivity contribution is 5.97. The van der Waals surface area contributed by atoms with Crippen LogP contribution in [0.5, 0.6) is 0 Å². The number of benzene rings is 2. The average molecular weight is 347 g/mol. The highest BCUT2D eigenvalue weighted by atomic mass is 15.3. The fourth-order valence-electron chi connectivity index (χ4n) is 4.35. The van der Waals surface area contributed by atoms with Crippen LogP contribution in [0.15, 0.2) is 42.5 Å². The van der Waals surface area contributed by atoms with Crippen LogP contribution in [0.1, 0.15) is 55.0 Å². The molecule has 3 rings (SSSR count). The van der Waals surface area contributed by atoms with Gasteiger partial charge in [-0.2, -0.15) is 5.10 Å². The van der Waals surface area contributed by atoms with E-state index >= 15 is 0 Å². The van der Waals surface area contributed by atoms with Crippen molar-refractivity contribution in [2.24, 2.45) is 7.05 Å². The van der Waals surface area contributed by atoms with E-state index in [1.165, 1.54) is 38.9 Å². The normalized spacial score (nSPS) is 13.0. The lowest BCUT2D eigenvalue weighted by Crippen LogP contribution is -2.04. The first-order valence-corrected chi connectivity index (χ1v) is 9.64. The molecule has 136 valence electrons. The van der Waals surface area contributed by atoms with Crippen molar-refractivity contribution in [3.05, 3.63) is 64.9 Å². The van der Waals surface area contributed by atoms with Crippen LogP contribution < -0.4 is 0 Å². The Hall–Kier alpha value is -2.35. The van der Waals surface area contributed by atoms with Crippen molar-refractivity contribution >= 4 is 10.9 Å². The lowest BCUT2D eigenvalue weighted by molar-refractivity contribution is 0.635. The molecule has 0 N–H and O–H groups in total. The maximum Gasteiger partial charge on any atom is 0.100 e. The number of aryl methyl sites for hydroxylation is 4. The van der Waals surface area contributed by atoms with Crippen LogP contribution in [-0.2, 0) is 7.05 Å². The lowest BCUT2D eigenvalue weighted by Gasteiger charge is -2.14. The van der Waals surface area contributed by atoms with Crippen molar-refractivity contribution in [1.82, 2.24) is 9.78 Å². The summed E-state index contributed by atoms with van der Waals surface area (Å²) in [5.41, 5.74) is 8.96. The van der Waals surface area contributed by atoms with Crippen LogP contribution in [0.2, 0.25) is 0 Å². The van der Waals surface area contributed by atoms with E-state index in [2.05, 4.69) is 88.8 Å². The van der Waals surface area contributed by atoms with E-state index in [9.17, 15) is 0 Å². The van der Waals surface area contributed by atoms with E-state index < -0.39 is 0 Å². The Morgan fingerprint density at radius 2 is 1.81 bits per heavy atom. The Balaban J connectivity index is 2.27. The zero-order chi connectivity index (χ0) is 18.8. The molecule has 0 aliphatic rings. The van der Waals surface area contributed by atoms with Gasteiger partial charge in [0.15, 0.2) is 0 Å². The molecule has 26 heavy (non-hydrogen) atoms. The number of allylic oxidation sites excluding steroid dienone is 2. The smallest absolute Gasteiger partial charge is 0.100 e. The van der Waals surface area contributed by atoms with Gasteiger partial charge in [0.2, 0.25) is 0 Å². The first kappa shape index (κ1) is 18.4. The molecule has 0 radical (unpaired) electrons. The number of hydrogen-bond donors (Lipinski definition) is 0. The highest BCUT2D eigenvalue weighted by Crippen LogP contribution is 2.37. The van der Waals surface area contributed by atoms with Gasteiger partial charge in [0, 0.05) is 23.9 Å². The van der Waals surface area contributed by atoms with Crippen molar-refractivity contribution < 1.29 is 0 Å². The van der Waals surface area contributed by atoms with Crippen LogP contribution in [0.25, 0.3) is 22.0 Å². The number of hydrogen-bond acceptors (Lipinski definition) is 1. The number of aromatic nitrogens is 2. The third kappa shape index (κ3) is 3.21. The minimum Gasteiger partial charge on any atom is -0.271 e. The molecule has 0 aliphatic heterocycles. The van der Waals surface area contributed by atoms with Gasteiger partial charge in [-0.1, -0.05) is 61.4 Å². The Bertz CT molecular complexity index is 937. The molecule has 0 fully saturated rings. The zero-order valence-corrected chi connectivity index (χ0v) is 16.9. The van der Waals surface area contributed by atoms with E-state index in [1.807, 2.05) is 0 Å². The SMILES string of the molecule is CC=CC(CCC)c1c2cccc(-c3c(C)cc(C)cc3C)c2nn1C. The topological polar surface area (TPSA) is 17.8 Å². The van der Waals surface area contributed by atoms with Crippen molar-refractivity contribution in [2.75, 3.05) is 0 Å². The molecule has 1 atom stereocenters. The molecule has 1 aromatic heterocycles.